The summed E-state index contributed by atoms with van der Waals surface area (Å²) in [7, 11) is 0. The minimum Gasteiger partial charge on any atom is -0.452 e. The second-order valence-electron chi connectivity index (χ2n) is 6.93. The highest BCUT2D eigenvalue weighted by Gasteiger charge is 2.28. The molecule has 0 bridgehead atoms. The van der Waals surface area contributed by atoms with E-state index in [1.165, 1.54) is 29.2 Å². The van der Waals surface area contributed by atoms with Crippen LogP contribution in [-0.4, -0.2) is 42.7 Å². The van der Waals surface area contributed by atoms with Crippen molar-refractivity contribution >= 4 is 46.7 Å². The quantitative estimate of drug-likeness (QED) is 0.708. The molecule has 0 aromatic heterocycles. The molecular weight excluding hydrogens is 404 g/mol. The predicted octanol–water partition coefficient (Wildman–Crippen LogP) is 0.987. The SMILES string of the molecule is O=C1CN(C(=O)COC(=O)c2ccc(N3NC(=O)CCC3=O)cc2)c2ccccc2N1. The molecule has 0 spiro atoms. The highest BCUT2D eigenvalue weighted by Crippen LogP contribution is 2.28. The van der Waals surface area contributed by atoms with Crippen LogP contribution in [0, 0.1) is 0 Å². The van der Waals surface area contributed by atoms with Gasteiger partial charge in [-0.2, -0.15) is 0 Å². The van der Waals surface area contributed by atoms with Crippen LogP contribution in [0.1, 0.15) is 23.2 Å². The summed E-state index contributed by atoms with van der Waals surface area (Å²) < 4.78 is 5.10. The molecule has 2 aliphatic rings. The highest BCUT2D eigenvalue weighted by atomic mass is 16.5. The molecule has 0 aliphatic carbocycles. The number of rotatable bonds is 4. The van der Waals surface area contributed by atoms with Crippen LogP contribution in [0.3, 0.4) is 0 Å². The summed E-state index contributed by atoms with van der Waals surface area (Å²) in [4.78, 5) is 61.4. The number of hydrogen-bond donors (Lipinski definition) is 2. The van der Waals surface area contributed by atoms with Gasteiger partial charge in [-0.15, -0.1) is 0 Å². The van der Waals surface area contributed by atoms with Crippen molar-refractivity contribution in [2.24, 2.45) is 0 Å². The molecule has 158 valence electrons. The van der Waals surface area contributed by atoms with Gasteiger partial charge in [-0.05, 0) is 36.4 Å². The largest absolute Gasteiger partial charge is 0.452 e. The van der Waals surface area contributed by atoms with Crippen LogP contribution in [0.2, 0.25) is 0 Å². The fraction of sp³-hybridized carbons (Fsp3) is 0.190. The number of hydrazine groups is 1. The number of nitrogens with zero attached hydrogens (tertiary/aromatic N) is 2. The number of fused-ring (bicyclic) bond motifs is 1. The van der Waals surface area contributed by atoms with Gasteiger partial charge in [0.15, 0.2) is 6.61 Å². The zero-order chi connectivity index (χ0) is 22.0. The maximum Gasteiger partial charge on any atom is 0.338 e. The molecule has 10 heteroatoms. The lowest BCUT2D eigenvalue weighted by molar-refractivity contribution is -0.130. The third-order valence-electron chi connectivity index (χ3n) is 4.81. The van der Waals surface area contributed by atoms with Crippen molar-refractivity contribution in [2.45, 2.75) is 12.8 Å². The average Bonchev–Trinajstić information content (AvgIpc) is 2.78. The van der Waals surface area contributed by atoms with E-state index >= 15 is 0 Å². The van der Waals surface area contributed by atoms with Gasteiger partial charge in [0.2, 0.25) is 17.7 Å². The van der Waals surface area contributed by atoms with E-state index in [1.807, 2.05) is 0 Å². The summed E-state index contributed by atoms with van der Waals surface area (Å²) in [6.07, 6.45) is 0.242. The Morgan fingerprint density at radius 3 is 2.45 bits per heavy atom. The van der Waals surface area contributed by atoms with Crippen LogP contribution in [0.5, 0.6) is 0 Å². The van der Waals surface area contributed by atoms with Crippen molar-refractivity contribution in [3.8, 4) is 0 Å². The second-order valence-corrected chi connectivity index (χ2v) is 6.93. The van der Waals surface area contributed by atoms with E-state index in [4.69, 9.17) is 4.74 Å². The van der Waals surface area contributed by atoms with E-state index in [0.29, 0.717) is 17.1 Å². The molecule has 0 saturated carbocycles. The fourth-order valence-electron chi connectivity index (χ4n) is 3.27. The summed E-state index contributed by atoms with van der Waals surface area (Å²) in [6.45, 7) is -0.708. The minimum absolute atomic E-state index is 0.107. The van der Waals surface area contributed by atoms with Crippen molar-refractivity contribution < 1.29 is 28.7 Å². The van der Waals surface area contributed by atoms with Crippen molar-refractivity contribution in [1.29, 1.82) is 0 Å². The second kappa shape index (κ2) is 8.27. The molecule has 0 unspecified atom stereocenters. The molecule has 4 amide bonds. The van der Waals surface area contributed by atoms with E-state index in [1.54, 1.807) is 24.3 Å². The van der Waals surface area contributed by atoms with Gasteiger partial charge >= 0.3 is 5.97 Å². The van der Waals surface area contributed by atoms with Gasteiger partial charge in [0.05, 0.1) is 22.6 Å². The summed E-state index contributed by atoms with van der Waals surface area (Å²) in [6, 6.07) is 12.7. The summed E-state index contributed by atoms with van der Waals surface area (Å²) in [5, 5.41) is 3.81. The van der Waals surface area contributed by atoms with Crippen LogP contribution in [0.4, 0.5) is 17.1 Å². The van der Waals surface area contributed by atoms with E-state index in [-0.39, 0.29) is 42.7 Å². The molecule has 2 N–H and O–H groups in total. The van der Waals surface area contributed by atoms with Crippen LogP contribution >= 0.6 is 0 Å². The maximum absolute atomic E-state index is 12.6. The zero-order valence-electron chi connectivity index (χ0n) is 16.3. The van der Waals surface area contributed by atoms with Crippen molar-refractivity contribution in [3.63, 3.8) is 0 Å². The monoisotopic (exact) mass is 422 g/mol. The van der Waals surface area contributed by atoms with Gasteiger partial charge < -0.3 is 10.1 Å². The highest BCUT2D eigenvalue weighted by molar-refractivity contribution is 6.10. The first-order valence-corrected chi connectivity index (χ1v) is 9.51. The van der Waals surface area contributed by atoms with Crippen molar-refractivity contribution in [1.82, 2.24) is 5.43 Å². The summed E-state index contributed by atoms with van der Waals surface area (Å²) >= 11 is 0. The lowest BCUT2D eigenvalue weighted by Gasteiger charge is -2.28. The summed E-state index contributed by atoms with van der Waals surface area (Å²) in [5.74, 6) is -2.13. The molecule has 1 fully saturated rings. The fourth-order valence-corrected chi connectivity index (χ4v) is 3.27. The van der Waals surface area contributed by atoms with Crippen LogP contribution in [0.25, 0.3) is 0 Å². The number of benzene rings is 2. The van der Waals surface area contributed by atoms with Gasteiger partial charge in [-0.1, -0.05) is 12.1 Å². The number of para-hydroxylation sites is 2. The Balaban J connectivity index is 1.39. The Bertz CT molecular complexity index is 1080. The molecular formula is C21H18N4O6. The number of esters is 1. The van der Waals surface area contributed by atoms with Gasteiger partial charge in [0.1, 0.15) is 6.54 Å². The lowest BCUT2D eigenvalue weighted by Crippen LogP contribution is -2.50. The molecule has 2 aromatic rings. The van der Waals surface area contributed by atoms with Crippen LogP contribution < -0.4 is 20.7 Å². The molecule has 2 heterocycles. The third kappa shape index (κ3) is 4.22. The Morgan fingerprint density at radius 1 is 0.935 bits per heavy atom. The molecule has 10 nitrogen and oxygen atoms in total. The number of carbonyl (C=O) groups excluding carboxylic acids is 5. The molecule has 31 heavy (non-hydrogen) atoms. The first kappa shape index (κ1) is 20.1. The number of ether oxygens (including phenoxy) is 1. The molecule has 4 rings (SSSR count). The Morgan fingerprint density at radius 2 is 1.68 bits per heavy atom. The molecule has 0 radical (unpaired) electrons. The first-order chi connectivity index (χ1) is 14.9. The third-order valence-corrected chi connectivity index (χ3v) is 4.81. The maximum atomic E-state index is 12.6. The number of carbonyl (C=O) groups is 5. The first-order valence-electron chi connectivity index (χ1n) is 9.51. The van der Waals surface area contributed by atoms with Gasteiger partial charge in [-0.25, -0.2) is 9.80 Å². The van der Waals surface area contributed by atoms with E-state index in [2.05, 4.69) is 10.7 Å². The number of hydrogen-bond acceptors (Lipinski definition) is 6. The molecule has 2 aromatic carbocycles. The average molecular weight is 422 g/mol. The Hall–Kier alpha value is -4.21. The van der Waals surface area contributed by atoms with Crippen molar-refractivity contribution in [3.05, 3.63) is 54.1 Å². The van der Waals surface area contributed by atoms with E-state index in [0.717, 1.165) is 5.01 Å². The number of nitrogens with one attached hydrogen (secondary N) is 2. The van der Waals surface area contributed by atoms with Crippen molar-refractivity contribution in [2.75, 3.05) is 28.4 Å². The van der Waals surface area contributed by atoms with Gasteiger partial charge in [-0.3, -0.25) is 29.5 Å². The predicted molar refractivity (Wildman–Crippen MR) is 109 cm³/mol. The smallest absolute Gasteiger partial charge is 0.338 e. The van der Waals surface area contributed by atoms with Crippen LogP contribution in [0.15, 0.2) is 48.5 Å². The lowest BCUT2D eigenvalue weighted by atomic mass is 10.1. The van der Waals surface area contributed by atoms with Crippen LogP contribution in [-0.2, 0) is 23.9 Å². The van der Waals surface area contributed by atoms with Gasteiger partial charge in [0, 0.05) is 12.8 Å². The Kier molecular flexibility index (Phi) is 5.35. The zero-order valence-corrected chi connectivity index (χ0v) is 16.3. The number of amides is 4. The summed E-state index contributed by atoms with van der Waals surface area (Å²) in [5.41, 5.74) is 4.08. The van der Waals surface area contributed by atoms with E-state index in [9.17, 15) is 24.0 Å². The molecule has 1 saturated heterocycles. The molecule has 0 atom stereocenters. The minimum atomic E-state index is -0.733. The number of anilines is 3. The standard InChI is InChI=1S/C21H18N4O6/c26-17-9-10-19(28)25(23-17)14-7-5-13(6-8-14)21(30)31-12-20(29)24-11-18(27)22-15-3-1-2-4-16(15)24/h1-8H,9-12H2,(H,22,27)(H,23,26). The van der Waals surface area contributed by atoms with Gasteiger partial charge in [0.25, 0.3) is 5.91 Å². The van der Waals surface area contributed by atoms with E-state index < -0.39 is 18.5 Å². The molecule has 2 aliphatic heterocycles. The topological polar surface area (TPSA) is 125 Å². The normalized spacial score (nSPS) is 15.7. The Labute approximate surface area is 176 Å².